The lowest BCUT2D eigenvalue weighted by Gasteiger charge is -2.26. The lowest BCUT2D eigenvalue weighted by Crippen LogP contribution is -2.41. The van der Waals surface area contributed by atoms with E-state index in [1.54, 1.807) is 30.3 Å². The van der Waals surface area contributed by atoms with Gasteiger partial charge in [-0.2, -0.15) is 13.2 Å². The van der Waals surface area contributed by atoms with Crippen LogP contribution in [0.5, 0.6) is 5.75 Å². The van der Waals surface area contributed by atoms with E-state index in [9.17, 15) is 22.8 Å². The van der Waals surface area contributed by atoms with E-state index in [4.69, 9.17) is 21.1 Å². The Hall–Kier alpha value is -3.37. The second-order valence-electron chi connectivity index (χ2n) is 7.39. The Morgan fingerprint density at radius 1 is 1.17 bits per heavy atom. The highest BCUT2D eigenvalue weighted by Crippen LogP contribution is 2.38. The number of fused-ring (bicyclic) bond motifs is 1. The van der Waals surface area contributed by atoms with E-state index >= 15 is 0 Å². The van der Waals surface area contributed by atoms with E-state index < -0.39 is 35.0 Å². The van der Waals surface area contributed by atoms with E-state index in [1.807, 2.05) is 0 Å². The third kappa shape index (κ3) is 4.89. The predicted molar refractivity (Wildman–Crippen MR) is 125 cm³/mol. The molecule has 0 amide bonds. The summed E-state index contributed by atoms with van der Waals surface area (Å²) >= 11 is 6.77. The van der Waals surface area contributed by atoms with Crippen LogP contribution in [-0.4, -0.2) is 30.4 Å². The first-order valence-corrected chi connectivity index (χ1v) is 11.5. The molecule has 0 saturated carbocycles. The number of hydrogen-bond donors (Lipinski definition) is 0. The summed E-state index contributed by atoms with van der Waals surface area (Å²) in [6.45, 7) is 1.33. The van der Waals surface area contributed by atoms with Crippen molar-refractivity contribution < 1.29 is 27.4 Å². The van der Waals surface area contributed by atoms with Crippen molar-refractivity contribution in [2.75, 3.05) is 13.7 Å². The van der Waals surface area contributed by atoms with Crippen molar-refractivity contribution in [3.8, 4) is 5.75 Å². The molecule has 182 valence electrons. The van der Waals surface area contributed by atoms with Crippen molar-refractivity contribution in [1.29, 1.82) is 0 Å². The molecule has 1 aromatic heterocycles. The summed E-state index contributed by atoms with van der Waals surface area (Å²) in [5.41, 5.74) is -1.85. The van der Waals surface area contributed by atoms with Gasteiger partial charge in [-0.15, -0.1) is 0 Å². The van der Waals surface area contributed by atoms with Crippen molar-refractivity contribution in [2.24, 2.45) is 4.99 Å². The average molecular weight is 523 g/mol. The topological polar surface area (TPSA) is 69.9 Å². The van der Waals surface area contributed by atoms with E-state index in [2.05, 4.69) is 4.99 Å². The van der Waals surface area contributed by atoms with Crippen molar-refractivity contribution in [2.45, 2.75) is 19.1 Å². The number of hydrogen-bond acceptors (Lipinski definition) is 6. The summed E-state index contributed by atoms with van der Waals surface area (Å²) in [4.78, 5) is 29.8. The minimum atomic E-state index is -4.96. The summed E-state index contributed by atoms with van der Waals surface area (Å²) in [6.07, 6.45) is -3.42. The number of alkyl halides is 3. The lowest BCUT2D eigenvalue weighted by molar-refractivity contribution is -0.140. The van der Waals surface area contributed by atoms with Gasteiger partial charge in [0, 0.05) is 5.02 Å². The Labute approximate surface area is 206 Å². The van der Waals surface area contributed by atoms with Crippen LogP contribution in [0.25, 0.3) is 6.08 Å². The van der Waals surface area contributed by atoms with Gasteiger partial charge in [0.2, 0.25) is 0 Å². The van der Waals surface area contributed by atoms with Crippen LogP contribution >= 0.6 is 22.9 Å². The number of rotatable bonds is 5. The third-order valence-electron chi connectivity index (χ3n) is 5.19. The van der Waals surface area contributed by atoms with Crippen LogP contribution in [-0.2, 0) is 9.53 Å². The van der Waals surface area contributed by atoms with Gasteiger partial charge in [-0.3, -0.25) is 9.36 Å². The predicted octanol–water partition coefficient (Wildman–Crippen LogP) is 4.00. The Morgan fingerprint density at radius 3 is 2.40 bits per heavy atom. The lowest BCUT2D eigenvalue weighted by atomic mass is 9.95. The number of allylic oxidation sites excluding steroid dienone is 1. The normalized spacial score (nSPS) is 16.1. The molecule has 2 heterocycles. The quantitative estimate of drug-likeness (QED) is 0.475. The number of halogens is 4. The number of carbonyl (C=O) groups excluding carboxylic acids is 1. The molecule has 4 rings (SSSR count). The fourth-order valence-electron chi connectivity index (χ4n) is 3.65. The maximum absolute atomic E-state index is 14.1. The van der Waals surface area contributed by atoms with Crippen LogP contribution in [0.2, 0.25) is 5.02 Å². The zero-order valence-electron chi connectivity index (χ0n) is 18.4. The largest absolute Gasteiger partial charge is 0.497 e. The summed E-state index contributed by atoms with van der Waals surface area (Å²) < 4.78 is 53.6. The van der Waals surface area contributed by atoms with E-state index in [1.165, 1.54) is 38.3 Å². The van der Waals surface area contributed by atoms with Gasteiger partial charge in [0.1, 0.15) is 5.75 Å². The third-order valence-corrected chi connectivity index (χ3v) is 6.43. The number of thiazole rings is 1. The highest BCUT2D eigenvalue weighted by atomic mass is 35.5. The molecule has 0 radical (unpaired) electrons. The molecule has 0 aliphatic carbocycles. The molecular formula is C24H18ClF3N2O4S. The molecule has 6 nitrogen and oxygen atoms in total. The summed E-state index contributed by atoms with van der Waals surface area (Å²) in [5.74, 6) is -0.590. The number of aromatic nitrogens is 1. The van der Waals surface area contributed by atoms with Crippen molar-refractivity contribution in [1.82, 2.24) is 4.57 Å². The van der Waals surface area contributed by atoms with Gasteiger partial charge >= 0.3 is 12.1 Å². The number of esters is 1. The second kappa shape index (κ2) is 9.71. The Bertz CT molecular complexity index is 1470. The van der Waals surface area contributed by atoms with Crippen molar-refractivity contribution >= 4 is 35.0 Å². The summed E-state index contributed by atoms with van der Waals surface area (Å²) in [7, 11) is 1.52. The molecule has 1 aliphatic heterocycles. The van der Waals surface area contributed by atoms with Crippen LogP contribution in [0, 0.1) is 0 Å². The van der Waals surface area contributed by atoms with E-state index in [-0.39, 0.29) is 21.5 Å². The number of benzene rings is 2. The monoisotopic (exact) mass is 522 g/mol. The molecule has 1 aliphatic rings. The molecule has 1 atom stereocenters. The standard InChI is InChI=1S/C24H18ClF3N2O4S/c1-3-34-22(32)18-19(14-6-8-15(25)9-7-14)30-21(31)17(12-13-4-10-16(33-2)11-5-13)35-23(30)29-20(18)24(26,27)28/h4-12,19H,3H2,1-2H3/b17-12+. The van der Waals surface area contributed by atoms with Crippen molar-refractivity contribution in [3.05, 3.63) is 95.6 Å². The molecule has 0 spiro atoms. The molecular weight excluding hydrogens is 505 g/mol. The molecule has 1 unspecified atom stereocenters. The summed E-state index contributed by atoms with van der Waals surface area (Å²) in [5, 5.41) is 0.346. The van der Waals surface area contributed by atoms with Crippen LogP contribution < -0.4 is 19.6 Å². The molecule has 0 saturated heterocycles. The van der Waals surface area contributed by atoms with Gasteiger partial charge < -0.3 is 9.47 Å². The number of ether oxygens (including phenoxy) is 2. The maximum atomic E-state index is 14.1. The zero-order valence-corrected chi connectivity index (χ0v) is 20.0. The Morgan fingerprint density at radius 2 is 1.83 bits per heavy atom. The van der Waals surface area contributed by atoms with Gasteiger partial charge in [0.15, 0.2) is 10.5 Å². The number of carbonyl (C=O) groups is 1. The molecule has 3 aromatic rings. The van der Waals surface area contributed by atoms with Crippen LogP contribution in [0.1, 0.15) is 24.1 Å². The molecule has 0 N–H and O–H groups in total. The van der Waals surface area contributed by atoms with Gasteiger partial charge in [0.05, 0.1) is 29.9 Å². The second-order valence-corrected chi connectivity index (χ2v) is 8.83. The first-order valence-electron chi connectivity index (χ1n) is 10.3. The van der Waals surface area contributed by atoms with E-state index in [0.717, 1.165) is 15.9 Å². The Balaban J connectivity index is 2.01. The Kier molecular flexibility index (Phi) is 6.86. The van der Waals surface area contributed by atoms with Crippen LogP contribution in [0.4, 0.5) is 13.2 Å². The molecule has 0 bridgehead atoms. The van der Waals surface area contributed by atoms with Gasteiger partial charge in [-0.1, -0.05) is 47.2 Å². The minimum absolute atomic E-state index is 0.150. The van der Waals surface area contributed by atoms with Crippen LogP contribution in [0.15, 0.2) is 69.6 Å². The highest BCUT2D eigenvalue weighted by molar-refractivity contribution is 7.07. The first kappa shape index (κ1) is 24.7. The molecule has 2 aromatic carbocycles. The minimum Gasteiger partial charge on any atom is -0.497 e. The van der Waals surface area contributed by atoms with Gasteiger partial charge in [-0.05, 0) is 48.4 Å². The number of methoxy groups -OCH3 is 1. The number of nitrogens with zero attached hydrogens (tertiary/aromatic N) is 2. The molecule has 0 fully saturated rings. The van der Waals surface area contributed by atoms with Gasteiger partial charge in [0.25, 0.3) is 5.56 Å². The van der Waals surface area contributed by atoms with Gasteiger partial charge in [-0.25, -0.2) is 9.79 Å². The highest BCUT2D eigenvalue weighted by Gasteiger charge is 2.45. The fraction of sp³-hybridized carbons (Fsp3) is 0.208. The first-order chi connectivity index (χ1) is 16.6. The maximum Gasteiger partial charge on any atom is 0.434 e. The fourth-order valence-corrected chi connectivity index (χ4v) is 4.78. The molecule has 35 heavy (non-hydrogen) atoms. The van der Waals surface area contributed by atoms with Crippen LogP contribution in [0.3, 0.4) is 0 Å². The zero-order chi connectivity index (χ0) is 25.3. The average Bonchev–Trinajstić information content (AvgIpc) is 3.13. The molecule has 11 heteroatoms. The summed E-state index contributed by atoms with van der Waals surface area (Å²) in [6, 6.07) is 11.3. The van der Waals surface area contributed by atoms with E-state index in [0.29, 0.717) is 16.3 Å². The SMILES string of the molecule is CCOC(=O)C1=C(C(F)(F)F)N=c2s/c(=C/c3ccc(OC)cc3)c(=O)n2C1c1ccc(Cl)cc1. The smallest absolute Gasteiger partial charge is 0.434 e. The van der Waals surface area contributed by atoms with Crippen molar-refractivity contribution in [3.63, 3.8) is 0 Å².